The van der Waals surface area contributed by atoms with Gasteiger partial charge < -0.3 is 9.31 Å². The molecule has 0 unspecified atom stereocenters. The van der Waals surface area contributed by atoms with Crippen molar-refractivity contribution in [3.8, 4) is 0 Å². The van der Waals surface area contributed by atoms with E-state index in [-0.39, 0.29) is 29.7 Å². The van der Waals surface area contributed by atoms with E-state index in [9.17, 15) is 0 Å². The molecule has 1 aliphatic heterocycles. The van der Waals surface area contributed by atoms with Gasteiger partial charge in [-0.15, -0.1) is 5.70 Å². The van der Waals surface area contributed by atoms with Gasteiger partial charge in [-0.25, -0.2) is 0 Å². The van der Waals surface area contributed by atoms with Gasteiger partial charge in [-0.1, -0.05) is 76.7 Å². The van der Waals surface area contributed by atoms with Gasteiger partial charge in [-0.3, -0.25) is 0 Å². The van der Waals surface area contributed by atoms with Crippen molar-refractivity contribution in [1.82, 2.24) is 0 Å². The molecular formula is C21H31BO2Si. The first-order valence-electron chi connectivity index (χ1n) is 9.70. The van der Waals surface area contributed by atoms with Crippen LogP contribution >= 0.6 is 0 Å². The second-order valence-electron chi connectivity index (χ2n) is 10.1. The van der Waals surface area contributed by atoms with Gasteiger partial charge >= 0.3 is 7.12 Å². The largest absolute Gasteiger partial charge is 0.486 e. The molecule has 1 aromatic carbocycles. The van der Waals surface area contributed by atoms with Crippen LogP contribution in [0, 0.1) is 16.7 Å². The lowest BCUT2D eigenvalue weighted by atomic mass is 9.61. The molecule has 0 radical (unpaired) electrons. The molecular weight excluding hydrogens is 323 g/mol. The molecule has 25 heavy (non-hydrogen) atoms. The normalized spacial score (nSPS) is 39.4. The molecule has 4 rings (SSSR count). The Morgan fingerprint density at radius 1 is 1.12 bits per heavy atom. The van der Waals surface area contributed by atoms with Gasteiger partial charge in [0, 0.05) is 5.41 Å². The molecule has 1 aromatic rings. The quantitative estimate of drug-likeness (QED) is 0.694. The van der Waals surface area contributed by atoms with Crippen LogP contribution in [0.1, 0.15) is 39.2 Å². The molecule has 2 bridgehead atoms. The van der Waals surface area contributed by atoms with E-state index < -0.39 is 8.07 Å². The highest BCUT2D eigenvalue weighted by molar-refractivity contribution is 6.81. The Balaban J connectivity index is 1.80. The Hall–Kier alpha value is -0.838. The summed E-state index contributed by atoms with van der Waals surface area (Å²) in [4.78, 5) is 0. The predicted molar refractivity (Wildman–Crippen MR) is 107 cm³/mol. The van der Waals surface area contributed by atoms with Gasteiger partial charge in [0.2, 0.25) is 0 Å². The van der Waals surface area contributed by atoms with Gasteiger partial charge in [-0.05, 0) is 29.7 Å². The first kappa shape index (κ1) is 17.6. The summed E-state index contributed by atoms with van der Waals surface area (Å²) in [6, 6.07) is 10.8. The summed E-state index contributed by atoms with van der Waals surface area (Å²) in [6.45, 7) is 14.3. The Morgan fingerprint density at radius 3 is 2.44 bits per heavy atom. The Morgan fingerprint density at radius 2 is 1.80 bits per heavy atom. The van der Waals surface area contributed by atoms with Crippen molar-refractivity contribution in [1.29, 1.82) is 0 Å². The molecule has 2 nitrogen and oxygen atoms in total. The fraction of sp³-hybridized carbons (Fsp3) is 0.619. The highest BCUT2D eigenvalue weighted by Gasteiger charge is 2.78. The van der Waals surface area contributed by atoms with Crippen LogP contribution in [-0.2, 0) is 14.9 Å². The van der Waals surface area contributed by atoms with Crippen molar-refractivity contribution in [3.63, 3.8) is 0 Å². The predicted octanol–water partition coefficient (Wildman–Crippen LogP) is 5.21. The van der Waals surface area contributed by atoms with E-state index in [0.29, 0.717) is 5.92 Å². The third-order valence-electron chi connectivity index (χ3n) is 7.43. The zero-order chi connectivity index (χ0) is 18.1. The van der Waals surface area contributed by atoms with Gasteiger partial charge in [0.05, 0.1) is 14.2 Å². The number of rotatable bonds is 3. The van der Waals surface area contributed by atoms with Crippen molar-refractivity contribution in [2.24, 2.45) is 16.7 Å². The van der Waals surface area contributed by atoms with Crippen LogP contribution in [0.4, 0.5) is 0 Å². The van der Waals surface area contributed by atoms with Crippen LogP contribution in [0.3, 0.4) is 0 Å². The van der Waals surface area contributed by atoms with Crippen molar-refractivity contribution in [2.45, 2.75) is 65.0 Å². The lowest BCUT2D eigenvalue weighted by Gasteiger charge is -2.48. The highest BCUT2D eigenvalue weighted by atomic mass is 28.3. The summed E-state index contributed by atoms with van der Waals surface area (Å²) in [6.07, 6.45) is 2.61. The molecule has 0 N–H and O–H groups in total. The zero-order valence-corrected chi connectivity index (χ0v) is 17.5. The van der Waals surface area contributed by atoms with E-state index in [4.69, 9.17) is 9.31 Å². The Bertz CT molecular complexity index is 696. The average molecular weight is 354 g/mol. The fourth-order valence-electron chi connectivity index (χ4n) is 5.76. The van der Waals surface area contributed by atoms with Gasteiger partial charge in [-0.2, -0.15) is 0 Å². The first-order valence-corrected chi connectivity index (χ1v) is 13.3. The van der Waals surface area contributed by atoms with Crippen LogP contribution in [0.5, 0.6) is 0 Å². The molecule has 0 aromatic heterocycles. The summed E-state index contributed by atoms with van der Waals surface area (Å²) < 4.78 is 13.4. The number of hydrogen-bond donors (Lipinski definition) is 0. The number of benzene rings is 1. The Labute approximate surface area is 154 Å². The van der Waals surface area contributed by atoms with Crippen molar-refractivity contribution < 1.29 is 9.31 Å². The van der Waals surface area contributed by atoms with E-state index >= 15 is 0 Å². The smallest absolute Gasteiger partial charge is 0.401 e. The maximum Gasteiger partial charge on any atom is 0.486 e. The fourth-order valence-corrected chi connectivity index (χ4v) is 6.49. The number of hydrogen-bond acceptors (Lipinski definition) is 2. The van der Waals surface area contributed by atoms with Crippen molar-refractivity contribution in [2.75, 3.05) is 0 Å². The Kier molecular flexibility index (Phi) is 3.75. The molecule has 3 aliphatic rings. The molecule has 0 spiro atoms. The first-order chi connectivity index (χ1) is 11.6. The van der Waals surface area contributed by atoms with Crippen LogP contribution < -0.4 is 0 Å². The summed E-state index contributed by atoms with van der Waals surface area (Å²) in [5, 5.41) is 0. The van der Waals surface area contributed by atoms with Crippen LogP contribution in [0.15, 0.2) is 42.0 Å². The highest BCUT2D eigenvalue weighted by Crippen LogP contribution is 2.76. The minimum atomic E-state index is -1.27. The van der Waals surface area contributed by atoms with E-state index in [2.05, 4.69) is 82.4 Å². The zero-order valence-electron chi connectivity index (χ0n) is 16.5. The monoisotopic (exact) mass is 354 g/mol. The molecule has 2 aliphatic carbocycles. The second-order valence-corrected chi connectivity index (χ2v) is 15.1. The van der Waals surface area contributed by atoms with Gasteiger partial charge in [0.25, 0.3) is 0 Å². The average Bonchev–Trinajstić information content (AvgIpc) is 3.08. The van der Waals surface area contributed by atoms with Gasteiger partial charge in [0.1, 0.15) is 5.60 Å². The maximum absolute atomic E-state index is 6.84. The molecule has 1 heterocycles. The third-order valence-corrected chi connectivity index (χ3v) is 8.62. The summed E-state index contributed by atoms with van der Waals surface area (Å²) in [5.41, 5.74) is 3.64. The van der Waals surface area contributed by atoms with E-state index in [1.807, 2.05) is 0 Å². The molecule has 1 saturated heterocycles. The summed E-state index contributed by atoms with van der Waals surface area (Å²) in [5.74, 6) is 2.74. The van der Waals surface area contributed by atoms with E-state index in [1.165, 1.54) is 18.4 Å². The van der Waals surface area contributed by atoms with Crippen LogP contribution in [0.2, 0.25) is 19.6 Å². The van der Waals surface area contributed by atoms with Crippen LogP contribution in [0.25, 0.3) is 0 Å². The minimum Gasteiger partial charge on any atom is -0.401 e. The molecule has 4 heteroatoms. The molecule has 2 saturated carbocycles. The molecule has 4 atom stereocenters. The topological polar surface area (TPSA) is 18.5 Å². The second kappa shape index (κ2) is 5.34. The molecule has 3 fully saturated rings. The molecule has 134 valence electrons. The SMILES string of the molecule is CC1(C)[C@@H]2CC[C@@]1(C)[C@]1(c3ccccc3)OB(/C=C\[Si](C)(C)C)O[C@H]21. The summed E-state index contributed by atoms with van der Waals surface area (Å²) >= 11 is 0. The van der Waals surface area contributed by atoms with E-state index in [1.54, 1.807) is 0 Å². The van der Waals surface area contributed by atoms with Crippen LogP contribution in [-0.4, -0.2) is 21.3 Å². The maximum atomic E-state index is 6.84. The molecule has 0 amide bonds. The van der Waals surface area contributed by atoms with E-state index in [0.717, 1.165) is 0 Å². The van der Waals surface area contributed by atoms with Gasteiger partial charge in [0.15, 0.2) is 0 Å². The van der Waals surface area contributed by atoms with Crippen molar-refractivity contribution >= 4 is 15.2 Å². The summed E-state index contributed by atoms with van der Waals surface area (Å²) in [7, 11) is -1.49. The third kappa shape index (κ3) is 2.23. The lowest BCUT2D eigenvalue weighted by molar-refractivity contribution is -0.0801. The minimum absolute atomic E-state index is 0.0957. The lowest BCUT2D eigenvalue weighted by Crippen LogP contribution is -2.50. The van der Waals surface area contributed by atoms with Crippen molar-refractivity contribution in [3.05, 3.63) is 47.6 Å². The standard InChI is InChI=1S/C21H31BO2Si/c1-19(2)17-12-13-20(19,3)21(16-10-8-7-9-11-16)18(17)23-22(24-21)14-15-25(4,5)6/h7-11,14-15,17-18H,12-13H2,1-6H3/b15-14-/t17-,18-,20-,21-/m1/s1. The number of fused-ring (bicyclic) bond motifs is 5.